The summed E-state index contributed by atoms with van der Waals surface area (Å²) in [5.74, 6) is 1.74. The molecule has 0 aliphatic heterocycles. The summed E-state index contributed by atoms with van der Waals surface area (Å²) in [6, 6.07) is 32.7. The van der Waals surface area contributed by atoms with Crippen molar-refractivity contribution in [3.8, 4) is 0 Å². The zero-order chi connectivity index (χ0) is 31.6. The van der Waals surface area contributed by atoms with Gasteiger partial charge in [0.1, 0.15) is 0 Å². The predicted octanol–water partition coefficient (Wildman–Crippen LogP) is 7.36. The molecule has 0 atom stereocenters. The van der Waals surface area contributed by atoms with E-state index in [4.69, 9.17) is 30.6 Å². The number of hydrogen-bond acceptors (Lipinski definition) is 12. The van der Waals surface area contributed by atoms with Gasteiger partial charge in [0.15, 0.2) is 0 Å². The van der Waals surface area contributed by atoms with Gasteiger partial charge in [0.2, 0.25) is 0 Å². The summed E-state index contributed by atoms with van der Waals surface area (Å²) in [5.41, 5.74) is 4.33. The molecule has 4 heterocycles. The Hall–Kier alpha value is -3.86. The molecular formula is C30H24Ag2N6O6S2. The van der Waals surface area contributed by atoms with E-state index in [2.05, 4.69) is 68.5 Å². The van der Waals surface area contributed by atoms with E-state index in [0.29, 0.717) is 0 Å². The van der Waals surface area contributed by atoms with Gasteiger partial charge in [-0.2, -0.15) is 0 Å². The molecule has 16 heteroatoms. The normalized spacial score (nSPS) is 9.39. The van der Waals surface area contributed by atoms with Gasteiger partial charge in [0.05, 0.1) is 32.6 Å². The van der Waals surface area contributed by atoms with Crippen LogP contribution in [0.25, 0.3) is 21.8 Å². The van der Waals surface area contributed by atoms with E-state index in [9.17, 15) is 0 Å². The minimum absolute atomic E-state index is 0. The first-order valence-electron chi connectivity index (χ1n) is 12.7. The van der Waals surface area contributed by atoms with Crippen LogP contribution in [0.1, 0.15) is 11.4 Å². The molecule has 0 bridgehead atoms. The van der Waals surface area contributed by atoms with Crippen molar-refractivity contribution in [2.24, 2.45) is 0 Å². The number of nitrogens with zero attached hydrogens (tertiary/aromatic N) is 6. The molecular weight excluding hydrogens is 820 g/mol. The van der Waals surface area contributed by atoms with Gasteiger partial charge in [0.25, 0.3) is 0 Å². The van der Waals surface area contributed by atoms with Crippen LogP contribution < -0.4 is 0 Å². The Balaban J connectivity index is 0.000000361. The second kappa shape index (κ2) is 22.6. The van der Waals surface area contributed by atoms with E-state index in [-0.39, 0.29) is 44.8 Å². The Bertz CT molecular complexity index is 1630. The number of thioether (sulfide) groups is 2. The summed E-state index contributed by atoms with van der Waals surface area (Å²) in [4.78, 5) is 36.5. The molecule has 6 aromatic rings. The van der Waals surface area contributed by atoms with Gasteiger partial charge in [-0.25, -0.2) is 0 Å². The summed E-state index contributed by atoms with van der Waals surface area (Å²) in [6.45, 7) is 0. The minimum Gasteiger partial charge on any atom is -0.356 e. The molecule has 46 heavy (non-hydrogen) atoms. The van der Waals surface area contributed by atoms with Gasteiger partial charge in [-0.15, -0.1) is 23.5 Å². The van der Waals surface area contributed by atoms with Crippen molar-refractivity contribution in [2.75, 3.05) is 0 Å². The number of pyridine rings is 4. The summed E-state index contributed by atoms with van der Waals surface area (Å²) in [7, 11) is 0. The Morgan fingerprint density at radius 3 is 1.17 bits per heavy atom. The van der Waals surface area contributed by atoms with Crippen LogP contribution >= 0.6 is 23.5 Å². The summed E-state index contributed by atoms with van der Waals surface area (Å²) >= 11 is 3.56. The number of fused-ring (bicyclic) bond motifs is 2. The quantitative estimate of drug-likeness (QED) is 0.0704. The largest absolute Gasteiger partial charge is 1.00 e. The van der Waals surface area contributed by atoms with Gasteiger partial charge in [-0.3, -0.25) is 19.9 Å². The third kappa shape index (κ3) is 14.9. The molecule has 0 aliphatic carbocycles. The Morgan fingerprint density at radius 1 is 0.478 bits per heavy atom. The van der Waals surface area contributed by atoms with Crippen molar-refractivity contribution >= 4 is 45.3 Å². The maximum atomic E-state index is 8.25. The van der Waals surface area contributed by atoms with Gasteiger partial charge < -0.3 is 30.6 Å². The maximum absolute atomic E-state index is 8.25. The van der Waals surface area contributed by atoms with Gasteiger partial charge in [-0.1, -0.05) is 48.5 Å². The second-order valence-corrected chi connectivity index (χ2v) is 10.4. The average molecular weight is 844 g/mol. The molecule has 0 N–H and O–H groups in total. The maximum Gasteiger partial charge on any atom is 1.00 e. The molecule has 0 radical (unpaired) electrons. The second-order valence-electron chi connectivity index (χ2n) is 8.33. The smallest absolute Gasteiger partial charge is 0.356 e. The van der Waals surface area contributed by atoms with Crippen LogP contribution in [-0.2, 0) is 56.3 Å². The van der Waals surface area contributed by atoms with Crippen molar-refractivity contribution < 1.29 is 54.9 Å². The number of rotatable bonds is 6. The minimum atomic E-state index is -1.75. The molecule has 0 aliphatic rings. The van der Waals surface area contributed by atoms with Gasteiger partial charge in [-0.05, 0) is 48.5 Å². The van der Waals surface area contributed by atoms with Crippen molar-refractivity contribution in [3.05, 3.63) is 164 Å². The zero-order valence-electron chi connectivity index (χ0n) is 23.5. The first-order valence-corrected chi connectivity index (χ1v) is 14.7. The van der Waals surface area contributed by atoms with Crippen LogP contribution in [0, 0.1) is 30.6 Å². The van der Waals surface area contributed by atoms with Crippen LogP contribution in [-0.4, -0.2) is 30.1 Å². The molecule has 6 rings (SSSR count). The third-order valence-corrected chi connectivity index (χ3v) is 7.56. The van der Waals surface area contributed by atoms with E-state index in [1.165, 1.54) is 20.6 Å². The third-order valence-electron chi connectivity index (χ3n) is 5.39. The molecule has 2 aromatic carbocycles. The Kier molecular flexibility index (Phi) is 19.7. The fraction of sp³-hybridized carbons (Fsp3) is 0.0667. The average Bonchev–Trinajstić information content (AvgIpc) is 3.03. The van der Waals surface area contributed by atoms with Crippen LogP contribution in [0.5, 0.6) is 0 Å². The molecule has 244 valence electrons. The number of hydrogen-bond donors (Lipinski definition) is 0. The van der Waals surface area contributed by atoms with Gasteiger partial charge >= 0.3 is 44.8 Å². The van der Waals surface area contributed by atoms with Crippen LogP contribution in [0.2, 0.25) is 0 Å². The Labute approximate surface area is 303 Å². The number of aromatic nitrogens is 4. The Morgan fingerprint density at radius 2 is 0.826 bits per heavy atom. The predicted molar refractivity (Wildman–Crippen MR) is 172 cm³/mol. The van der Waals surface area contributed by atoms with E-state index < -0.39 is 10.2 Å². The van der Waals surface area contributed by atoms with Crippen molar-refractivity contribution in [1.29, 1.82) is 0 Å². The van der Waals surface area contributed by atoms with E-state index in [0.717, 1.165) is 33.9 Å². The van der Waals surface area contributed by atoms with E-state index >= 15 is 0 Å². The molecule has 0 saturated carbocycles. The molecule has 0 saturated heterocycles. The summed E-state index contributed by atoms with van der Waals surface area (Å²) in [6.07, 6.45) is 7.34. The summed E-state index contributed by atoms with van der Waals surface area (Å²) < 4.78 is 0. The molecule has 0 fully saturated rings. The van der Waals surface area contributed by atoms with Crippen LogP contribution in [0.4, 0.5) is 0 Å². The molecule has 0 spiro atoms. The first-order chi connectivity index (χ1) is 21.3. The number of benzene rings is 2. The van der Waals surface area contributed by atoms with Crippen LogP contribution in [0.3, 0.4) is 0 Å². The fourth-order valence-corrected chi connectivity index (χ4v) is 5.57. The topological polar surface area (TPSA) is 184 Å². The molecule has 0 amide bonds. The van der Waals surface area contributed by atoms with Gasteiger partial charge in [0, 0.05) is 56.9 Å². The SMILES string of the molecule is O=[N+]([O-])[O-].O=[N+]([O-])[O-].[Ag+].[Ag+].c1ccc(CSc2cccc3cccnc23)nc1.c1ccc(CSc2cccc3cccnc23)nc1. The van der Waals surface area contributed by atoms with Crippen molar-refractivity contribution in [2.45, 2.75) is 21.3 Å². The standard InChI is InChI=1S/2C15H12N2S.2Ag.2NO3/c2*1-2-9-16-13(7-1)11-18-14-8-3-5-12-6-4-10-17-15(12)14;;;2*2-1(3)4/h2*1-10H,11H2;;;;/q;;2*+1;2*-1. The van der Waals surface area contributed by atoms with Crippen molar-refractivity contribution in [1.82, 2.24) is 19.9 Å². The van der Waals surface area contributed by atoms with Crippen molar-refractivity contribution in [3.63, 3.8) is 0 Å². The molecule has 12 nitrogen and oxygen atoms in total. The zero-order valence-corrected chi connectivity index (χ0v) is 28.1. The molecule has 4 aromatic heterocycles. The fourth-order valence-electron chi connectivity index (χ4n) is 3.66. The monoisotopic (exact) mass is 842 g/mol. The van der Waals surface area contributed by atoms with E-state index in [1.54, 1.807) is 23.5 Å². The first kappa shape index (κ1) is 40.2. The van der Waals surface area contributed by atoms with Crippen LogP contribution in [0.15, 0.2) is 132 Å². The summed E-state index contributed by atoms with van der Waals surface area (Å²) in [5, 5.41) is 31.9. The van der Waals surface area contributed by atoms with E-state index in [1.807, 2.05) is 73.3 Å². The number of para-hydroxylation sites is 2. The molecule has 0 unspecified atom stereocenters.